The second-order valence-electron chi connectivity index (χ2n) is 4.91. The summed E-state index contributed by atoms with van der Waals surface area (Å²) in [6.07, 6.45) is 3.21. The molecule has 2 aromatic heterocycles. The number of pyridine rings is 1. The van der Waals surface area contributed by atoms with Crippen molar-refractivity contribution in [1.29, 1.82) is 0 Å². The van der Waals surface area contributed by atoms with Crippen LogP contribution in [0.2, 0.25) is 5.02 Å². The third-order valence-corrected chi connectivity index (χ3v) is 3.69. The van der Waals surface area contributed by atoms with Crippen LogP contribution in [0.25, 0.3) is 11.4 Å². The number of nitrogens with zero attached hydrogens (tertiary/aromatic N) is 3. The Morgan fingerprint density at radius 1 is 1.29 bits per heavy atom. The topological polar surface area (TPSA) is 90.1 Å². The first-order valence-electron chi connectivity index (χ1n) is 6.98. The fourth-order valence-corrected chi connectivity index (χ4v) is 2.19. The number of rotatable bonds is 4. The predicted octanol–water partition coefficient (Wildman–Crippen LogP) is 3.35. The summed E-state index contributed by atoms with van der Waals surface area (Å²) in [6, 6.07) is 6.78. The first kappa shape index (κ1) is 15.9. The van der Waals surface area contributed by atoms with Gasteiger partial charge in [-0.25, -0.2) is 0 Å². The van der Waals surface area contributed by atoms with Gasteiger partial charge < -0.3 is 14.6 Å². The molecule has 0 saturated carbocycles. The van der Waals surface area contributed by atoms with Crippen molar-refractivity contribution in [2.45, 2.75) is 6.92 Å². The maximum Gasteiger partial charge on any atom is 0.316 e. The number of halogens is 1. The fourth-order valence-electron chi connectivity index (χ4n) is 2.04. The van der Waals surface area contributed by atoms with Crippen molar-refractivity contribution in [3.63, 3.8) is 0 Å². The molecule has 0 unspecified atom stereocenters. The molecule has 0 atom stereocenters. The molecule has 0 aliphatic rings. The van der Waals surface area contributed by atoms with Crippen LogP contribution in [0.1, 0.15) is 16.2 Å². The smallest absolute Gasteiger partial charge is 0.316 e. The number of aromatic nitrogens is 3. The molecule has 1 aromatic carbocycles. The number of methoxy groups -OCH3 is 1. The molecule has 7 nitrogen and oxygen atoms in total. The zero-order valence-corrected chi connectivity index (χ0v) is 13.7. The molecule has 0 bridgehead atoms. The maximum absolute atomic E-state index is 12.3. The molecule has 0 aliphatic heterocycles. The largest absolute Gasteiger partial charge is 0.495 e. The quantitative estimate of drug-likeness (QED) is 0.780. The summed E-state index contributed by atoms with van der Waals surface area (Å²) in [5.41, 5.74) is 1.97. The van der Waals surface area contributed by atoms with Crippen LogP contribution in [-0.2, 0) is 0 Å². The summed E-state index contributed by atoms with van der Waals surface area (Å²) in [6.45, 7) is 1.83. The number of ether oxygens (including phenoxy) is 1. The average Bonchev–Trinajstić information content (AvgIpc) is 3.09. The van der Waals surface area contributed by atoms with E-state index in [2.05, 4.69) is 20.4 Å². The monoisotopic (exact) mass is 344 g/mol. The molecule has 1 N–H and O–H groups in total. The highest BCUT2D eigenvalue weighted by molar-refractivity contribution is 6.31. The third-order valence-electron chi connectivity index (χ3n) is 3.29. The van der Waals surface area contributed by atoms with Gasteiger partial charge in [0.2, 0.25) is 5.82 Å². The Bertz CT molecular complexity index is 880. The zero-order valence-electron chi connectivity index (χ0n) is 12.9. The highest BCUT2D eigenvalue weighted by Gasteiger charge is 2.18. The van der Waals surface area contributed by atoms with Crippen LogP contribution < -0.4 is 10.1 Å². The number of aryl methyl sites for hydroxylation is 1. The van der Waals surface area contributed by atoms with Crippen LogP contribution in [0, 0.1) is 6.92 Å². The summed E-state index contributed by atoms with van der Waals surface area (Å²) >= 11 is 6.05. The molecule has 122 valence electrons. The van der Waals surface area contributed by atoms with Crippen LogP contribution in [0.4, 0.5) is 5.69 Å². The van der Waals surface area contributed by atoms with Crippen LogP contribution in [0.3, 0.4) is 0 Å². The van der Waals surface area contributed by atoms with Gasteiger partial charge in [0.15, 0.2) is 0 Å². The van der Waals surface area contributed by atoms with Gasteiger partial charge in [0.25, 0.3) is 0 Å². The number of carbonyl (C=O) groups excluding carboxylic acids is 1. The summed E-state index contributed by atoms with van der Waals surface area (Å²) in [5, 5.41) is 7.02. The Labute approximate surface area is 142 Å². The van der Waals surface area contributed by atoms with E-state index in [4.69, 9.17) is 20.9 Å². The Hall–Kier alpha value is -2.93. The van der Waals surface area contributed by atoms with Crippen molar-refractivity contribution in [1.82, 2.24) is 15.1 Å². The molecule has 3 aromatic rings. The molecule has 0 radical (unpaired) electrons. The lowest BCUT2D eigenvalue weighted by Crippen LogP contribution is -2.13. The standard InChI is InChI=1S/C16H13ClN4O3/c1-9-7-12(13(23-2)8-11(9)17)19-15(22)16-20-14(21-24-16)10-3-5-18-6-4-10/h3-8H,1-2H3,(H,19,22). The van der Waals surface area contributed by atoms with Gasteiger partial charge in [-0.1, -0.05) is 16.8 Å². The lowest BCUT2D eigenvalue weighted by Gasteiger charge is -2.10. The number of hydrogen-bond donors (Lipinski definition) is 1. The highest BCUT2D eigenvalue weighted by Crippen LogP contribution is 2.31. The van der Waals surface area contributed by atoms with E-state index in [0.717, 1.165) is 5.56 Å². The summed E-state index contributed by atoms with van der Waals surface area (Å²) in [5.74, 6) is 0.0499. The summed E-state index contributed by atoms with van der Waals surface area (Å²) in [7, 11) is 1.49. The minimum absolute atomic E-state index is 0.156. The number of benzene rings is 1. The second-order valence-corrected chi connectivity index (χ2v) is 5.32. The SMILES string of the molecule is COc1cc(Cl)c(C)cc1NC(=O)c1nc(-c2ccncc2)no1. The Morgan fingerprint density at radius 2 is 2.04 bits per heavy atom. The molecule has 0 spiro atoms. The number of hydrogen-bond acceptors (Lipinski definition) is 6. The van der Waals surface area contributed by atoms with Gasteiger partial charge in [-0.15, -0.1) is 0 Å². The fraction of sp³-hybridized carbons (Fsp3) is 0.125. The van der Waals surface area contributed by atoms with E-state index in [1.54, 1.807) is 36.7 Å². The van der Waals surface area contributed by atoms with Crippen molar-refractivity contribution in [3.05, 3.63) is 53.1 Å². The molecule has 0 aliphatic carbocycles. The minimum Gasteiger partial charge on any atom is -0.495 e. The number of nitrogens with one attached hydrogen (secondary N) is 1. The molecule has 0 fully saturated rings. The molecule has 1 amide bonds. The number of anilines is 1. The molecule has 3 rings (SSSR count). The van der Waals surface area contributed by atoms with Gasteiger partial charge in [0, 0.05) is 29.0 Å². The van der Waals surface area contributed by atoms with Crippen LogP contribution in [0.15, 0.2) is 41.2 Å². The van der Waals surface area contributed by atoms with E-state index < -0.39 is 5.91 Å². The summed E-state index contributed by atoms with van der Waals surface area (Å²) in [4.78, 5) is 20.3. The Morgan fingerprint density at radius 3 is 2.75 bits per heavy atom. The minimum atomic E-state index is -0.539. The summed E-state index contributed by atoms with van der Waals surface area (Å²) < 4.78 is 10.2. The van der Waals surface area contributed by atoms with Gasteiger partial charge in [-0.2, -0.15) is 4.98 Å². The lowest BCUT2D eigenvalue weighted by atomic mass is 10.2. The van der Waals surface area contributed by atoms with E-state index in [-0.39, 0.29) is 5.89 Å². The lowest BCUT2D eigenvalue weighted by molar-refractivity contribution is 0.0981. The molecule has 24 heavy (non-hydrogen) atoms. The van der Waals surface area contributed by atoms with Crippen LogP contribution in [-0.4, -0.2) is 28.1 Å². The van der Waals surface area contributed by atoms with Crippen LogP contribution >= 0.6 is 11.6 Å². The second kappa shape index (κ2) is 6.67. The van der Waals surface area contributed by atoms with E-state index in [1.165, 1.54) is 7.11 Å². The first-order chi connectivity index (χ1) is 11.6. The number of amides is 1. The van der Waals surface area contributed by atoms with Gasteiger partial charge in [0.05, 0.1) is 12.8 Å². The van der Waals surface area contributed by atoms with Gasteiger partial charge >= 0.3 is 11.8 Å². The Balaban J connectivity index is 1.84. The van der Waals surface area contributed by atoms with Crippen molar-refractivity contribution in [2.75, 3.05) is 12.4 Å². The normalized spacial score (nSPS) is 10.5. The van der Waals surface area contributed by atoms with Gasteiger partial charge in [0.1, 0.15) is 5.75 Å². The highest BCUT2D eigenvalue weighted by atomic mass is 35.5. The van der Waals surface area contributed by atoms with Crippen molar-refractivity contribution < 1.29 is 14.1 Å². The van der Waals surface area contributed by atoms with E-state index >= 15 is 0 Å². The van der Waals surface area contributed by atoms with E-state index in [9.17, 15) is 4.79 Å². The third kappa shape index (κ3) is 3.21. The van der Waals surface area contributed by atoms with Crippen molar-refractivity contribution in [3.8, 4) is 17.1 Å². The van der Waals surface area contributed by atoms with E-state index in [0.29, 0.717) is 27.8 Å². The maximum atomic E-state index is 12.3. The van der Waals surface area contributed by atoms with Crippen LogP contribution in [0.5, 0.6) is 5.75 Å². The Kier molecular flexibility index (Phi) is 4.43. The van der Waals surface area contributed by atoms with Gasteiger partial charge in [-0.3, -0.25) is 9.78 Å². The zero-order chi connectivity index (χ0) is 17.1. The van der Waals surface area contributed by atoms with Crippen molar-refractivity contribution in [2.24, 2.45) is 0 Å². The first-order valence-corrected chi connectivity index (χ1v) is 7.36. The molecular weight excluding hydrogens is 332 g/mol. The van der Waals surface area contributed by atoms with E-state index in [1.807, 2.05) is 6.92 Å². The molecular formula is C16H13ClN4O3. The predicted molar refractivity (Wildman–Crippen MR) is 88.2 cm³/mol. The number of carbonyl (C=O) groups is 1. The van der Waals surface area contributed by atoms with Crippen molar-refractivity contribution >= 4 is 23.2 Å². The molecule has 2 heterocycles. The van der Waals surface area contributed by atoms with Gasteiger partial charge in [-0.05, 0) is 30.7 Å². The average molecular weight is 345 g/mol. The molecule has 0 saturated heterocycles. The molecule has 8 heteroatoms.